The molecule has 2 N–H and O–H groups in total. The van der Waals surface area contributed by atoms with Gasteiger partial charge >= 0.3 is 0 Å². The van der Waals surface area contributed by atoms with Crippen LogP contribution in [0.25, 0.3) is 0 Å². The van der Waals surface area contributed by atoms with E-state index in [1.54, 1.807) is 0 Å². The van der Waals surface area contributed by atoms with Crippen molar-refractivity contribution in [2.24, 2.45) is 0 Å². The Morgan fingerprint density at radius 3 is 2.50 bits per heavy atom. The molecule has 20 heavy (non-hydrogen) atoms. The first kappa shape index (κ1) is 14.7. The van der Waals surface area contributed by atoms with Crippen molar-refractivity contribution in [1.29, 1.82) is 0 Å². The highest BCUT2D eigenvalue weighted by Gasteiger charge is 2.39. The molecule has 2 amide bonds. The molecule has 0 spiro atoms. The zero-order chi connectivity index (χ0) is 14.6. The number of likely N-dealkylation sites (tertiary alicyclic amines) is 1. The van der Waals surface area contributed by atoms with Gasteiger partial charge in [-0.15, -0.1) is 0 Å². The second-order valence-corrected chi connectivity index (χ2v) is 5.36. The van der Waals surface area contributed by atoms with E-state index in [0.717, 1.165) is 5.56 Å². The third-order valence-corrected chi connectivity index (χ3v) is 3.55. The predicted octanol–water partition coefficient (Wildman–Crippen LogP) is 0.329. The number of hydrogen-bond acceptors (Lipinski definition) is 4. The average Bonchev–Trinajstić information content (AvgIpc) is 2.37. The molecule has 1 aromatic rings. The summed E-state index contributed by atoms with van der Waals surface area (Å²) in [6.07, 6.45) is 0.879. The first-order chi connectivity index (χ1) is 9.50. The Labute approximate surface area is 118 Å². The number of benzene rings is 1. The van der Waals surface area contributed by atoms with E-state index in [2.05, 4.69) is 5.32 Å². The molecule has 1 aliphatic rings. The van der Waals surface area contributed by atoms with Gasteiger partial charge in [-0.3, -0.25) is 19.8 Å². The fourth-order valence-corrected chi connectivity index (χ4v) is 2.35. The van der Waals surface area contributed by atoms with E-state index in [4.69, 9.17) is 0 Å². The quantitative estimate of drug-likeness (QED) is 0.813. The van der Waals surface area contributed by atoms with Gasteiger partial charge in [0.15, 0.2) is 0 Å². The number of carbonyl (C=O) groups excluding carboxylic acids is 2. The lowest BCUT2D eigenvalue weighted by atomic mass is 9.91. The van der Waals surface area contributed by atoms with Crippen LogP contribution < -0.4 is 5.32 Å². The second-order valence-electron chi connectivity index (χ2n) is 5.36. The Balaban J connectivity index is 1.71. The normalized spacial score (nSPS) is 17.3. The standard InChI is InChI=1S/C15H20N2O3/c1-2-15(20)10-17(11-15)9-14(19)16-13(18)8-12-6-4-3-5-7-12/h3-7,20H,2,8-11H2,1H3,(H,16,18,19). The Bertz CT molecular complexity index is 481. The lowest BCUT2D eigenvalue weighted by Gasteiger charge is -2.45. The van der Waals surface area contributed by atoms with Crippen molar-refractivity contribution in [1.82, 2.24) is 10.2 Å². The highest BCUT2D eigenvalue weighted by atomic mass is 16.3. The lowest BCUT2D eigenvalue weighted by molar-refractivity contribution is -0.137. The lowest BCUT2D eigenvalue weighted by Crippen LogP contribution is -2.63. The van der Waals surface area contributed by atoms with Crippen molar-refractivity contribution in [3.05, 3.63) is 35.9 Å². The van der Waals surface area contributed by atoms with Gasteiger partial charge in [-0.2, -0.15) is 0 Å². The van der Waals surface area contributed by atoms with Gasteiger partial charge in [-0.05, 0) is 12.0 Å². The molecular weight excluding hydrogens is 256 g/mol. The smallest absolute Gasteiger partial charge is 0.240 e. The summed E-state index contributed by atoms with van der Waals surface area (Å²) in [6, 6.07) is 9.29. The van der Waals surface area contributed by atoms with Crippen molar-refractivity contribution in [3.63, 3.8) is 0 Å². The molecule has 5 nitrogen and oxygen atoms in total. The largest absolute Gasteiger partial charge is 0.387 e. The Kier molecular flexibility index (Phi) is 4.52. The van der Waals surface area contributed by atoms with Crippen LogP contribution in [0.3, 0.4) is 0 Å². The van der Waals surface area contributed by atoms with Crippen molar-refractivity contribution < 1.29 is 14.7 Å². The summed E-state index contributed by atoms with van der Waals surface area (Å²) >= 11 is 0. The predicted molar refractivity (Wildman–Crippen MR) is 75.0 cm³/mol. The summed E-state index contributed by atoms with van der Waals surface area (Å²) in [4.78, 5) is 25.2. The van der Waals surface area contributed by atoms with Crippen molar-refractivity contribution >= 4 is 11.8 Å². The molecule has 2 rings (SSSR count). The van der Waals surface area contributed by atoms with E-state index in [1.807, 2.05) is 42.2 Å². The average molecular weight is 276 g/mol. The molecule has 108 valence electrons. The highest BCUT2D eigenvalue weighted by molar-refractivity contribution is 5.96. The van der Waals surface area contributed by atoms with Crippen LogP contribution in [-0.4, -0.2) is 47.1 Å². The molecule has 0 unspecified atom stereocenters. The van der Waals surface area contributed by atoms with E-state index >= 15 is 0 Å². The third kappa shape index (κ3) is 3.88. The number of rotatable bonds is 5. The summed E-state index contributed by atoms with van der Waals surface area (Å²) in [5.74, 6) is -0.614. The molecule has 5 heteroatoms. The van der Waals surface area contributed by atoms with Gasteiger partial charge in [0.05, 0.1) is 18.6 Å². The first-order valence-electron chi connectivity index (χ1n) is 6.82. The van der Waals surface area contributed by atoms with E-state index < -0.39 is 5.60 Å². The molecule has 0 aliphatic carbocycles. The van der Waals surface area contributed by atoms with Crippen LogP contribution in [0.15, 0.2) is 30.3 Å². The molecule has 1 saturated heterocycles. The van der Waals surface area contributed by atoms with Crippen LogP contribution in [0.1, 0.15) is 18.9 Å². The molecule has 0 saturated carbocycles. The molecule has 1 fully saturated rings. The van der Waals surface area contributed by atoms with E-state index in [1.165, 1.54) is 0 Å². The molecule has 1 aromatic carbocycles. The monoisotopic (exact) mass is 276 g/mol. The number of carbonyl (C=O) groups is 2. The van der Waals surface area contributed by atoms with Crippen LogP contribution in [0.2, 0.25) is 0 Å². The Hall–Kier alpha value is -1.72. The molecular formula is C15H20N2O3. The number of nitrogens with zero attached hydrogens (tertiary/aromatic N) is 1. The van der Waals surface area contributed by atoms with Crippen molar-refractivity contribution in [2.75, 3.05) is 19.6 Å². The molecule has 1 aliphatic heterocycles. The van der Waals surface area contributed by atoms with Crippen LogP contribution >= 0.6 is 0 Å². The summed E-state index contributed by atoms with van der Waals surface area (Å²) < 4.78 is 0. The van der Waals surface area contributed by atoms with Gasteiger partial charge < -0.3 is 5.11 Å². The SMILES string of the molecule is CCC1(O)CN(CC(=O)NC(=O)Cc2ccccc2)C1. The zero-order valence-electron chi connectivity index (χ0n) is 11.6. The van der Waals surface area contributed by atoms with Crippen LogP contribution in [0.5, 0.6) is 0 Å². The number of nitrogens with one attached hydrogen (secondary N) is 1. The summed E-state index contributed by atoms with van der Waals surface area (Å²) in [7, 11) is 0. The van der Waals surface area contributed by atoms with Crippen LogP contribution in [0, 0.1) is 0 Å². The summed E-state index contributed by atoms with van der Waals surface area (Å²) in [6.45, 7) is 3.05. The number of imide groups is 1. The Morgan fingerprint density at radius 2 is 1.90 bits per heavy atom. The molecule has 0 aromatic heterocycles. The van der Waals surface area contributed by atoms with Gasteiger partial charge in [0.1, 0.15) is 0 Å². The van der Waals surface area contributed by atoms with Gasteiger partial charge in [0.25, 0.3) is 0 Å². The van der Waals surface area contributed by atoms with Gasteiger partial charge in [0.2, 0.25) is 11.8 Å². The molecule has 0 bridgehead atoms. The van der Waals surface area contributed by atoms with Crippen LogP contribution in [0.4, 0.5) is 0 Å². The number of hydrogen-bond donors (Lipinski definition) is 2. The maximum atomic E-state index is 11.7. The molecule has 1 heterocycles. The maximum Gasteiger partial charge on any atom is 0.240 e. The van der Waals surface area contributed by atoms with E-state index in [9.17, 15) is 14.7 Å². The first-order valence-corrected chi connectivity index (χ1v) is 6.82. The number of aliphatic hydroxyl groups is 1. The van der Waals surface area contributed by atoms with Gasteiger partial charge in [-0.25, -0.2) is 0 Å². The second kappa shape index (κ2) is 6.15. The highest BCUT2D eigenvalue weighted by Crippen LogP contribution is 2.23. The maximum absolute atomic E-state index is 11.7. The third-order valence-electron chi connectivity index (χ3n) is 3.55. The minimum Gasteiger partial charge on any atom is -0.387 e. The minimum absolute atomic E-state index is 0.156. The number of amides is 2. The van der Waals surface area contributed by atoms with Crippen molar-refractivity contribution in [3.8, 4) is 0 Å². The van der Waals surface area contributed by atoms with Gasteiger partial charge in [-0.1, -0.05) is 37.3 Å². The summed E-state index contributed by atoms with van der Waals surface area (Å²) in [5, 5.41) is 12.2. The van der Waals surface area contributed by atoms with Gasteiger partial charge in [0, 0.05) is 13.1 Å². The zero-order valence-corrected chi connectivity index (χ0v) is 11.6. The Morgan fingerprint density at radius 1 is 1.25 bits per heavy atom. The van der Waals surface area contributed by atoms with Crippen molar-refractivity contribution in [2.45, 2.75) is 25.4 Å². The van der Waals surface area contributed by atoms with E-state index in [0.29, 0.717) is 19.5 Å². The minimum atomic E-state index is -0.658. The van der Waals surface area contributed by atoms with Crippen LogP contribution in [-0.2, 0) is 16.0 Å². The fraction of sp³-hybridized carbons (Fsp3) is 0.467. The summed E-state index contributed by atoms with van der Waals surface area (Å²) in [5.41, 5.74) is 0.219. The van der Waals surface area contributed by atoms with E-state index in [-0.39, 0.29) is 24.8 Å². The molecule has 0 radical (unpaired) electrons. The fourth-order valence-electron chi connectivity index (χ4n) is 2.35. The number of β-amino-alcohol motifs (C(OH)–C–C–N with tert-alkyl or cyclic N) is 1. The molecule has 0 atom stereocenters. The topological polar surface area (TPSA) is 69.6 Å².